The van der Waals surface area contributed by atoms with E-state index in [-0.39, 0.29) is 24.6 Å². The van der Waals surface area contributed by atoms with Gasteiger partial charge in [-0.3, -0.25) is 0 Å². The molecule has 0 unspecified atom stereocenters. The molecule has 0 atom stereocenters. The van der Waals surface area contributed by atoms with E-state index in [1.165, 1.54) is 10.4 Å². The summed E-state index contributed by atoms with van der Waals surface area (Å²) in [5.74, 6) is 0. The van der Waals surface area contributed by atoms with Crippen LogP contribution in [0, 0.1) is 6.92 Å². The van der Waals surface area contributed by atoms with Crippen LogP contribution in [-0.2, 0) is 10.0 Å². The van der Waals surface area contributed by atoms with Gasteiger partial charge in [0.2, 0.25) is 10.0 Å². The summed E-state index contributed by atoms with van der Waals surface area (Å²) in [6, 6.07) is 3.30. The number of aliphatic hydroxyl groups excluding tert-OH is 1. The summed E-state index contributed by atoms with van der Waals surface area (Å²) in [7, 11) is -3.67. The van der Waals surface area contributed by atoms with Crippen LogP contribution < -0.4 is 0 Å². The molecule has 0 aromatic heterocycles. The van der Waals surface area contributed by atoms with Crippen molar-refractivity contribution in [2.45, 2.75) is 11.8 Å². The van der Waals surface area contributed by atoms with E-state index in [1.54, 1.807) is 12.1 Å². The van der Waals surface area contributed by atoms with Crippen LogP contribution in [0.25, 0.3) is 0 Å². The molecule has 0 saturated heterocycles. The van der Waals surface area contributed by atoms with Gasteiger partial charge < -0.3 is 5.11 Å². The molecule has 0 aliphatic rings. The molecule has 1 N–H and O–H groups in total. The number of hydrogen-bond donors (Lipinski definition) is 1. The van der Waals surface area contributed by atoms with Gasteiger partial charge >= 0.3 is 0 Å². The number of halogens is 2. The zero-order valence-electron chi connectivity index (χ0n) is 10.4. The number of nitrogens with zero attached hydrogens (tertiary/aromatic N) is 1. The van der Waals surface area contributed by atoms with Gasteiger partial charge in [-0.1, -0.05) is 22.0 Å². The maximum atomic E-state index is 12.5. The van der Waals surface area contributed by atoms with Crippen molar-refractivity contribution in [1.82, 2.24) is 4.31 Å². The van der Waals surface area contributed by atoms with Crippen molar-refractivity contribution < 1.29 is 13.5 Å². The molecule has 0 radical (unpaired) electrons. The SMILES string of the molecule is C=CCN(CCO)S(=O)(=O)c1cc(Br)c(C)cc1Br. The third-order valence-corrected chi connectivity index (χ3v) is 6.19. The topological polar surface area (TPSA) is 57.6 Å². The number of sulfonamides is 1. The quantitative estimate of drug-likeness (QED) is 0.730. The Hall–Kier alpha value is -0.210. The molecule has 7 heteroatoms. The number of hydrogen-bond acceptors (Lipinski definition) is 3. The van der Waals surface area contributed by atoms with Crippen molar-refractivity contribution >= 4 is 41.9 Å². The highest BCUT2D eigenvalue weighted by Crippen LogP contribution is 2.30. The first-order valence-corrected chi connectivity index (χ1v) is 8.54. The minimum atomic E-state index is -3.67. The van der Waals surface area contributed by atoms with Crippen molar-refractivity contribution in [1.29, 1.82) is 0 Å². The molecule has 0 spiro atoms. The highest BCUT2D eigenvalue weighted by molar-refractivity contribution is 9.11. The van der Waals surface area contributed by atoms with E-state index < -0.39 is 10.0 Å². The van der Waals surface area contributed by atoms with Crippen LogP contribution in [0.15, 0.2) is 38.6 Å². The third-order valence-electron chi connectivity index (χ3n) is 2.51. The van der Waals surface area contributed by atoms with Crippen LogP contribution >= 0.6 is 31.9 Å². The molecule has 0 amide bonds. The van der Waals surface area contributed by atoms with Gasteiger partial charge in [0.05, 0.1) is 11.5 Å². The van der Waals surface area contributed by atoms with E-state index in [4.69, 9.17) is 5.11 Å². The summed E-state index contributed by atoms with van der Waals surface area (Å²) in [5.41, 5.74) is 0.934. The van der Waals surface area contributed by atoms with E-state index in [0.29, 0.717) is 4.47 Å². The van der Waals surface area contributed by atoms with Gasteiger partial charge in [0, 0.05) is 22.0 Å². The van der Waals surface area contributed by atoms with Gasteiger partial charge in [0.15, 0.2) is 0 Å². The van der Waals surface area contributed by atoms with Crippen LogP contribution in [0.1, 0.15) is 5.56 Å². The first-order valence-electron chi connectivity index (χ1n) is 5.52. The molecule has 0 heterocycles. The minimum absolute atomic E-state index is 0.0340. The number of aliphatic hydroxyl groups is 1. The Morgan fingerprint density at radius 3 is 2.53 bits per heavy atom. The van der Waals surface area contributed by atoms with E-state index in [2.05, 4.69) is 38.4 Å². The predicted octanol–water partition coefficient (Wildman–Crippen LogP) is 2.69. The van der Waals surface area contributed by atoms with Gasteiger partial charge in [-0.2, -0.15) is 4.31 Å². The molecule has 0 fully saturated rings. The Labute approximate surface area is 130 Å². The van der Waals surface area contributed by atoms with Crippen LogP contribution in [-0.4, -0.2) is 37.5 Å². The average molecular weight is 413 g/mol. The zero-order valence-corrected chi connectivity index (χ0v) is 14.4. The van der Waals surface area contributed by atoms with Crippen LogP contribution in [0.3, 0.4) is 0 Å². The zero-order chi connectivity index (χ0) is 14.6. The van der Waals surface area contributed by atoms with Crippen molar-refractivity contribution in [2.24, 2.45) is 0 Å². The second-order valence-electron chi connectivity index (χ2n) is 3.91. The normalized spacial score (nSPS) is 11.8. The lowest BCUT2D eigenvalue weighted by Gasteiger charge is -2.21. The standard InChI is InChI=1S/C12H15Br2NO3S/c1-3-4-15(5-6-16)19(17,18)12-8-10(13)9(2)7-11(12)14/h3,7-8,16H,1,4-6H2,2H3. The van der Waals surface area contributed by atoms with Crippen molar-refractivity contribution in [3.8, 4) is 0 Å². The Morgan fingerprint density at radius 2 is 2.00 bits per heavy atom. The lowest BCUT2D eigenvalue weighted by Crippen LogP contribution is -2.34. The summed E-state index contributed by atoms with van der Waals surface area (Å²) in [5, 5.41) is 8.98. The van der Waals surface area contributed by atoms with Crippen molar-refractivity contribution in [3.63, 3.8) is 0 Å². The van der Waals surface area contributed by atoms with Gasteiger partial charge in [-0.15, -0.1) is 6.58 Å². The maximum absolute atomic E-state index is 12.5. The maximum Gasteiger partial charge on any atom is 0.244 e. The minimum Gasteiger partial charge on any atom is -0.395 e. The molecule has 1 rings (SSSR count). The molecule has 1 aromatic rings. The van der Waals surface area contributed by atoms with E-state index in [1.807, 2.05) is 6.92 Å². The van der Waals surface area contributed by atoms with E-state index >= 15 is 0 Å². The average Bonchev–Trinajstić information content (AvgIpc) is 2.33. The molecular formula is C12H15Br2NO3S. The largest absolute Gasteiger partial charge is 0.395 e. The van der Waals surface area contributed by atoms with E-state index in [9.17, 15) is 8.42 Å². The third kappa shape index (κ3) is 3.88. The summed E-state index contributed by atoms with van der Waals surface area (Å²) in [6.45, 7) is 5.36. The molecule has 0 aliphatic heterocycles. The Balaban J connectivity index is 3.32. The lowest BCUT2D eigenvalue weighted by atomic mass is 10.2. The van der Waals surface area contributed by atoms with Gasteiger partial charge in [0.1, 0.15) is 0 Å². The van der Waals surface area contributed by atoms with E-state index in [0.717, 1.165) is 10.0 Å². The molecule has 106 valence electrons. The lowest BCUT2D eigenvalue weighted by molar-refractivity contribution is 0.260. The fourth-order valence-corrected chi connectivity index (χ4v) is 4.57. The molecule has 0 saturated carbocycles. The summed E-state index contributed by atoms with van der Waals surface area (Å²) >= 11 is 6.60. The van der Waals surface area contributed by atoms with Crippen LogP contribution in [0.5, 0.6) is 0 Å². The second kappa shape index (κ2) is 6.99. The first kappa shape index (κ1) is 16.8. The number of rotatable bonds is 6. The van der Waals surface area contributed by atoms with Gasteiger partial charge in [-0.05, 0) is 40.5 Å². The number of aryl methyl sites for hydroxylation is 1. The Kier molecular flexibility index (Phi) is 6.19. The van der Waals surface area contributed by atoms with Crippen LogP contribution in [0.4, 0.5) is 0 Å². The van der Waals surface area contributed by atoms with Gasteiger partial charge in [-0.25, -0.2) is 8.42 Å². The van der Waals surface area contributed by atoms with Crippen molar-refractivity contribution in [2.75, 3.05) is 19.7 Å². The molecule has 4 nitrogen and oxygen atoms in total. The fourth-order valence-electron chi connectivity index (χ4n) is 1.53. The summed E-state index contributed by atoms with van der Waals surface area (Å²) < 4.78 is 27.4. The van der Waals surface area contributed by atoms with Gasteiger partial charge in [0.25, 0.3) is 0 Å². The molecule has 19 heavy (non-hydrogen) atoms. The monoisotopic (exact) mass is 411 g/mol. The Bertz CT molecular complexity index is 573. The van der Waals surface area contributed by atoms with Crippen molar-refractivity contribution in [3.05, 3.63) is 39.3 Å². The summed E-state index contributed by atoms with van der Waals surface area (Å²) in [6.07, 6.45) is 1.49. The molecule has 1 aromatic carbocycles. The molecule has 0 bridgehead atoms. The highest BCUT2D eigenvalue weighted by atomic mass is 79.9. The molecular weight excluding hydrogens is 398 g/mol. The highest BCUT2D eigenvalue weighted by Gasteiger charge is 2.26. The van der Waals surface area contributed by atoms with Crippen LogP contribution in [0.2, 0.25) is 0 Å². The fraction of sp³-hybridized carbons (Fsp3) is 0.333. The first-order chi connectivity index (χ1) is 8.84. The molecule has 0 aliphatic carbocycles. The predicted molar refractivity (Wildman–Crippen MR) is 82.6 cm³/mol. The second-order valence-corrected chi connectivity index (χ2v) is 7.52. The Morgan fingerprint density at radius 1 is 1.37 bits per heavy atom. The number of benzene rings is 1. The summed E-state index contributed by atoms with van der Waals surface area (Å²) in [4.78, 5) is 0.167. The smallest absolute Gasteiger partial charge is 0.244 e.